The molecule has 0 saturated carbocycles. The molecule has 3 heteroatoms. The molecule has 0 radical (unpaired) electrons. The van der Waals surface area contributed by atoms with Crippen LogP contribution in [-0.2, 0) is 10.3 Å². The predicted molar refractivity (Wildman–Crippen MR) is 101 cm³/mol. The maximum atomic E-state index is 6.51. The molecule has 0 saturated heterocycles. The Morgan fingerprint density at radius 1 is 1.09 bits per heavy atom. The summed E-state index contributed by atoms with van der Waals surface area (Å²) in [5.41, 5.74) is 3.32. The number of rotatable bonds is 4. The summed E-state index contributed by atoms with van der Waals surface area (Å²) < 4.78 is 7.51. The van der Waals surface area contributed by atoms with E-state index in [0.717, 1.165) is 28.6 Å². The fourth-order valence-electron chi connectivity index (χ4n) is 3.17. The van der Waals surface area contributed by atoms with Crippen LogP contribution in [0.5, 0.6) is 0 Å². The van der Waals surface area contributed by atoms with Crippen molar-refractivity contribution in [2.75, 3.05) is 5.32 Å². The standard InChI is InChI=1S/C20H22BrNO/c1-3-20(4-2)16-12-8-9-13-18(16)22-19(23-20)17(21)14-15-10-6-5-7-11-15/h5-14,19,22H,3-4H2,1-2H3/b17-14-. The molecule has 120 valence electrons. The van der Waals surface area contributed by atoms with E-state index in [-0.39, 0.29) is 11.8 Å². The highest BCUT2D eigenvalue weighted by molar-refractivity contribution is 9.11. The van der Waals surface area contributed by atoms with Gasteiger partial charge in [0, 0.05) is 15.7 Å². The van der Waals surface area contributed by atoms with Gasteiger partial charge in [0.25, 0.3) is 0 Å². The van der Waals surface area contributed by atoms with Crippen LogP contribution < -0.4 is 5.32 Å². The Morgan fingerprint density at radius 3 is 2.43 bits per heavy atom. The highest BCUT2D eigenvalue weighted by atomic mass is 79.9. The Kier molecular flexibility index (Phi) is 4.88. The zero-order valence-electron chi connectivity index (χ0n) is 13.6. The van der Waals surface area contributed by atoms with E-state index < -0.39 is 0 Å². The van der Waals surface area contributed by atoms with Crippen LogP contribution in [0.25, 0.3) is 6.08 Å². The molecule has 2 aromatic rings. The molecule has 2 aromatic carbocycles. The predicted octanol–water partition coefficient (Wildman–Crippen LogP) is 5.91. The van der Waals surface area contributed by atoms with Gasteiger partial charge in [-0.05, 0) is 30.5 Å². The lowest BCUT2D eigenvalue weighted by Gasteiger charge is -2.42. The minimum Gasteiger partial charge on any atom is -0.356 e. The number of halogens is 1. The number of anilines is 1. The van der Waals surface area contributed by atoms with Crippen molar-refractivity contribution >= 4 is 27.7 Å². The SMILES string of the molecule is CCC1(CC)OC(/C(Br)=C/c2ccccc2)Nc2ccccc21. The van der Waals surface area contributed by atoms with Crippen molar-refractivity contribution in [3.63, 3.8) is 0 Å². The zero-order chi connectivity index (χ0) is 16.3. The quantitative estimate of drug-likeness (QED) is 0.721. The van der Waals surface area contributed by atoms with E-state index in [1.165, 1.54) is 5.56 Å². The van der Waals surface area contributed by atoms with Crippen LogP contribution >= 0.6 is 15.9 Å². The van der Waals surface area contributed by atoms with Crippen molar-refractivity contribution in [2.45, 2.75) is 38.5 Å². The van der Waals surface area contributed by atoms with Gasteiger partial charge in [0.2, 0.25) is 0 Å². The molecule has 3 rings (SSSR count). The van der Waals surface area contributed by atoms with Crippen molar-refractivity contribution < 1.29 is 4.74 Å². The molecule has 1 aliphatic rings. The molecule has 0 fully saturated rings. The molecule has 2 nitrogen and oxygen atoms in total. The van der Waals surface area contributed by atoms with Crippen LogP contribution in [-0.4, -0.2) is 6.23 Å². The summed E-state index contributed by atoms with van der Waals surface area (Å²) in [5.74, 6) is 0. The summed E-state index contributed by atoms with van der Waals surface area (Å²) in [5, 5.41) is 3.50. The van der Waals surface area contributed by atoms with Gasteiger partial charge in [-0.3, -0.25) is 0 Å². The highest BCUT2D eigenvalue weighted by Crippen LogP contribution is 2.44. The summed E-state index contributed by atoms with van der Waals surface area (Å²) in [6.45, 7) is 4.38. The van der Waals surface area contributed by atoms with Gasteiger partial charge in [-0.1, -0.05) is 78.3 Å². The van der Waals surface area contributed by atoms with E-state index in [1.54, 1.807) is 0 Å². The van der Waals surface area contributed by atoms with Crippen molar-refractivity contribution in [3.05, 3.63) is 70.2 Å². The smallest absolute Gasteiger partial charge is 0.161 e. The van der Waals surface area contributed by atoms with Gasteiger partial charge in [0.15, 0.2) is 6.23 Å². The van der Waals surface area contributed by atoms with Gasteiger partial charge in [-0.2, -0.15) is 0 Å². The third kappa shape index (κ3) is 3.22. The number of nitrogens with one attached hydrogen (secondary N) is 1. The summed E-state index contributed by atoms with van der Waals surface area (Å²) in [4.78, 5) is 0. The molecule has 0 bridgehead atoms. The molecular formula is C20H22BrNO. The van der Waals surface area contributed by atoms with E-state index in [1.807, 2.05) is 18.2 Å². The number of fused-ring (bicyclic) bond motifs is 1. The fourth-order valence-corrected chi connectivity index (χ4v) is 3.65. The first-order chi connectivity index (χ1) is 11.2. The number of para-hydroxylation sites is 1. The molecule has 23 heavy (non-hydrogen) atoms. The molecular weight excluding hydrogens is 350 g/mol. The number of hydrogen-bond donors (Lipinski definition) is 1. The Balaban J connectivity index is 1.96. The lowest BCUT2D eigenvalue weighted by Crippen LogP contribution is -2.42. The van der Waals surface area contributed by atoms with Crippen LogP contribution in [0.3, 0.4) is 0 Å². The second-order valence-corrected chi connectivity index (χ2v) is 6.74. The molecule has 0 aromatic heterocycles. The van der Waals surface area contributed by atoms with E-state index in [4.69, 9.17) is 4.74 Å². The molecule has 1 atom stereocenters. The molecule has 1 unspecified atom stereocenters. The van der Waals surface area contributed by atoms with E-state index in [9.17, 15) is 0 Å². The number of benzene rings is 2. The Bertz CT molecular complexity index is 692. The average Bonchev–Trinajstić information content (AvgIpc) is 2.61. The number of hydrogen-bond acceptors (Lipinski definition) is 2. The third-order valence-corrected chi connectivity index (χ3v) is 5.19. The van der Waals surface area contributed by atoms with Gasteiger partial charge < -0.3 is 10.1 Å². The first-order valence-corrected chi connectivity index (χ1v) is 8.94. The molecule has 1 N–H and O–H groups in total. The topological polar surface area (TPSA) is 21.3 Å². The van der Waals surface area contributed by atoms with E-state index in [0.29, 0.717) is 0 Å². The lowest BCUT2D eigenvalue weighted by atomic mass is 9.85. The Hall–Kier alpha value is -1.58. The molecule has 0 spiro atoms. The normalized spacial score (nSPS) is 19.8. The molecule has 0 amide bonds. The molecule has 0 aliphatic carbocycles. The van der Waals surface area contributed by atoms with Crippen LogP contribution in [0.4, 0.5) is 5.69 Å². The largest absolute Gasteiger partial charge is 0.356 e. The van der Waals surface area contributed by atoms with Crippen molar-refractivity contribution in [1.82, 2.24) is 0 Å². The van der Waals surface area contributed by atoms with Gasteiger partial charge in [-0.25, -0.2) is 0 Å². The monoisotopic (exact) mass is 371 g/mol. The summed E-state index contributed by atoms with van der Waals surface area (Å²) in [7, 11) is 0. The van der Waals surface area contributed by atoms with E-state index in [2.05, 4.69) is 77.6 Å². The van der Waals surface area contributed by atoms with Crippen molar-refractivity contribution in [1.29, 1.82) is 0 Å². The average molecular weight is 372 g/mol. The first kappa shape index (κ1) is 16.3. The van der Waals surface area contributed by atoms with Crippen LogP contribution in [0.15, 0.2) is 59.1 Å². The summed E-state index contributed by atoms with van der Waals surface area (Å²) >= 11 is 3.71. The van der Waals surface area contributed by atoms with Gasteiger partial charge in [0.05, 0.1) is 5.60 Å². The minimum atomic E-state index is -0.240. The molecule has 1 heterocycles. The number of ether oxygens (including phenoxy) is 1. The minimum absolute atomic E-state index is 0.176. The van der Waals surface area contributed by atoms with Gasteiger partial charge in [-0.15, -0.1) is 0 Å². The van der Waals surface area contributed by atoms with Crippen LogP contribution in [0.2, 0.25) is 0 Å². The lowest BCUT2D eigenvalue weighted by molar-refractivity contribution is -0.0845. The second-order valence-electron chi connectivity index (χ2n) is 5.83. The van der Waals surface area contributed by atoms with Gasteiger partial charge >= 0.3 is 0 Å². The fraction of sp³-hybridized carbons (Fsp3) is 0.300. The third-order valence-electron chi connectivity index (χ3n) is 4.54. The van der Waals surface area contributed by atoms with Crippen molar-refractivity contribution in [3.8, 4) is 0 Å². The van der Waals surface area contributed by atoms with Crippen molar-refractivity contribution in [2.24, 2.45) is 0 Å². The Morgan fingerprint density at radius 2 is 1.74 bits per heavy atom. The maximum absolute atomic E-state index is 6.51. The van der Waals surface area contributed by atoms with Crippen LogP contribution in [0.1, 0.15) is 37.8 Å². The highest BCUT2D eigenvalue weighted by Gasteiger charge is 2.39. The summed E-state index contributed by atoms with van der Waals surface area (Å²) in [6.07, 6.45) is 3.83. The zero-order valence-corrected chi connectivity index (χ0v) is 15.1. The molecule has 1 aliphatic heterocycles. The van der Waals surface area contributed by atoms with E-state index >= 15 is 0 Å². The van der Waals surface area contributed by atoms with Gasteiger partial charge in [0.1, 0.15) is 0 Å². The Labute approximate surface area is 146 Å². The second kappa shape index (κ2) is 6.90. The first-order valence-electron chi connectivity index (χ1n) is 8.14. The van der Waals surface area contributed by atoms with Crippen LogP contribution in [0, 0.1) is 0 Å². The maximum Gasteiger partial charge on any atom is 0.161 e. The summed E-state index contributed by atoms with van der Waals surface area (Å²) in [6, 6.07) is 18.7.